The van der Waals surface area contributed by atoms with Crippen LogP contribution in [-0.4, -0.2) is 20.9 Å². The number of hydrogen-bond acceptors (Lipinski definition) is 3. The quantitative estimate of drug-likeness (QED) is 0.728. The second kappa shape index (κ2) is 3.38. The molecule has 7 heteroatoms. The topological polar surface area (TPSA) is 81.1 Å². The van der Waals surface area contributed by atoms with Crippen LogP contribution in [0.1, 0.15) is 12.1 Å². The van der Waals surface area contributed by atoms with Gasteiger partial charge >= 0.3 is 5.97 Å². The summed E-state index contributed by atoms with van der Waals surface area (Å²) in [4.78, 5) is 10.2. The van der Waals surface area contributed by atoms with E-state index in [9.17, 15) is 13.6 Å². The van der Waals surface area contributed by atoms with Crippen molar-refractivity contribution < 1.29 is 18.7 Å². The highest BCUT2D eigenvalue weighted by atomic mass is 19.3. The molecule has 0 radical (unpaired) electrons. The minimum absolute atomic E-state index is 0.0855. The van der Waals surface area contributed by atoms with Crippen LogP contribution in [0.4, 0.5) is 14.6 Å². The summed E-state index contributed by atoms with van der Waals surface area (Å²) < 4.78 is 24.8. The van der Waals surface area contributed by atoms with E-state index >= 15 is 0 Å². The number of halogens is 2. The lowest BCUT2D eigenvalue weighted by molar-refractivity contribution is -0.137. The Morgan fingerprint density at radius 2 is 2.38 bits per heavy atom. The summed E-state index contributed by atoms with van der Waals surface area (Å²) in [6.45, 7) is -0.515. The summed E-state index contributed by atoms with van der Waals surface area (Å²) in [6.07, 6.45) is -2.74. The van der Waals surface area contributed by atoms with Crippen molar-refractivity contribution in [2.45, 2.75) is 13.0 Å². The minimum atomic E-state index is -2.74. The highest BCUT2D eigenvalue weighted by molar-refractivity contribution is 5.67. The molecule has 1 heterocycles. The van der Waals surface area contributed by atoms with Crippen LogP contribution in [-0.2, 0) is 11.3 Å². The van der Waals surface area contributed by atoms with Crippen LogP contribution in [0.25, 0.3) is 0 Å². The number of carboxylic acids is 1. The fourth-order valence-corrected chi connectivity index (χ4v) is 0.813. The smallest absolute Gasteiger partial charge is 0.325 e. The summed E-state index contributed by atoms with van der Waals surface area (Å²) >= 11 is 0. The number of nitrogen functional groups attached to an aromatic ring is 1. The number of carboxylic acid groups (broad SMARTS) is 1. The summed E-state index contributed by atoms with van der Waals surface area (Å²) in [5.74, 6) is -1.27. The Kier molecular flexibility index (Phi) is 2.45. The molecule has 1 rings (SSSR count). The average Bonchev–Trinajstić information content (AvgIpc) is 2.31. The average molecular weight is 191 g/mol. The normalized spacial score (nSPS) is 10.7. The van der Waals surface area contributed by atoms with Crippen LogP contribution >= 0.6 is 0 Å². The molecule has 0 amide bonds. The van der Waals surface area contributed by atoms with Crippen LogP contribution in [0.2, 0.25) is 0 Å². The van der Waals surface area contributed by atoms with E-state index in [1.54, 1.807) is 0 Å². The summed E-state index contributed by atoms with van der Waals surface area (Å²) in [5, 5.41) is 11.6. The lowest BCUT2D eigenvalue weighted by Crippen LogP contribution is -2.12. The number of nitrogens with two attached hydrogens (primary N) is 1. The zero-order valence-corrected chi connectivity index (χ0v) is 6.44. The molecule has 1 aromatic rings. The van der Waals surface area contributed by atoms with Gasteiger partial charge in [-0.2, -0.15) is 5.10 Å². The highest BCUT2D eigenvalue weighted by Crippen LogP contribution is 2.18. The molecule has 13 heavy (non-hydrogen) atoms. The van der Waals surface area contributed by atoms with Crippen molar-refractivity contribution in [1.29, 1.82) is 0 Å². The van der Waals surface area contributed by atoms with Gasteiger partial charge in [-0.15, -0.1) is 0 Å². The number of anilines is 1. The Balaban J connectivity index is 2.89. The Morgan fingerprint density at radius 3 is 2.77 bits per heavy atom. The third-order valence-corrected chi connectivity index (χ3v) is 1.34. The van der Waals surface area contributed by atoms with Gasteiger partial charge < -0.3 is 10.8 Å². The fourth-order valence-electron chi connectivity index (χ4n) is 0.813. The molecule has 0 aliphatic heterocycles. The number of aliphatic carboxylic acids is 1. The van der Waals surface area contributed by atoms with Gasteiger partial charge in [-0.3, -0.25) is 4.79 Å². The molecule has 72 valence electrons. The van der Waals surface area contributed by atoms with E-state index in [1.807, 2.05) is 0 Å². The van der Waals surface area contributed by atoms with Gasteiger partial charge in [0.05, 0.1) is 0 Å². The zero-order chi connectivity index (χ0) is 10.0. The number of hydrogen-bond donors (Lipinski definition) is 2. The number of rotatable bonds is 3. The number of aromatic nitrogens is 2. The van der Waals surface area contributed by atoms with Crippen LogP contribution in [0.5, 0.6) is 0 Å². The molecule has 0 saturated carbocycles. The maximum absolute atomic E-state index is 12.0. The monoisotopic (exact) mass is 191 g/mol. The first kappa shape index (κ1) is 9.43. The van der Waals surface area contributed by atoms with Crippen molar-refractivity contribution in [3.8, 4) is 0 Å². The van der Waals surface area contributed by atoms with E-state index in [1.165, 1.54) is 0 Å². The summed E-state index contributed by atoms with van der Waals surface area (Å²) in [5.41, 5.74) is 4.72. The number of alkyl halides is 2. The zero-order valence-electron chi connectivity index (χ0n) is 6.44. The fraction of sp³-hybridized carbons (Fsp3) is 0.333. The predicted molar refractivity (Wildman–Crippen MR) is 39.2 cm³/mol. The Morgan fingerprint density at radius 1 is 1.77 bits per heavy atom. The van der Waals surface area contributed by atoms with Crippen LogP contribution < -0.4 is 5.73 Å². The van der Waals surface area contributed by atoms with Crippen molar-refractivity contribution in [3.05, 3.63) is 11.8 Å². The first-order valence-electron chi connectivity index (χ1n) is 3.34. The lowest BCUT2D eigenvalue weighted by atomic mass is 10.4. The molecule has 0 unspecified atom stereocenters. The molecule has 1 aromatic heterocycles. The molecule has 0 aromatic carbocycles. The molecule has 0 aliphatic carbocycles. The maximum atomic E-state index is 12.0. The van der Waals surface area contributed by atoms with Gasteiger partial charge in [-0.1, -0.05) is 0 Å². The molecule has 0 fully saturated rings. The van der Waals surface area contributed by atoms with E-state index in [0.717, 1.165) is 10.7 Å². The molecule has 0 spiro atoms. The van der Waals surface area contributed by atoms with Gasteiger partial charge in [-0.25, -0.2) is 13.5 Å². The first-order valence-corrected chi connectivity index (χ1v) is 3.34. The number of nitrogens with zero attached hydrogens (tertiary/aromatic N) is 2. The van der Waals surface area contributed by atoms with Gasteiger partial charge in [-0.05, 0) is 0 Å². The first-order chi connectivity index (χ1) is 6.00. The molecule has 3 N–H and O–H groups in total. The van der Waals surface area contributed by atoms with Crippen LogP contribution in [0, 0.1) is 0 Å². The SMILES string of the molecule is Nc1cc(C(F)F)nn1CC(=O)O. The van der Waals surface area contributed by atoms with E-state index in [0.29, 0.717) is 0 Å². The van der Waals surface area contributed by atoms with Crippen molar-refractivity contribution in [1.82, 2.24) is 9.78 Å². The van der Waals surface area contributed by atoms with Gasteiger partial charge in [0.25, 0.3) is 6.43 Å². The van der Waals surface area contributed by atoms with E-state index in [2.05, 4.69) is 5.10 Å². The number of carbonyl (C=O) groups is 1. The lowest BCUT2D eigenvalue weighted by Gasteiger charge is -1.97. The third kappa shape index (κ3) is 2.14. The van der Waals surface area contributed by atoms with Gasteiger partial charge in [0, 0.05) is 6.07 Å². The van der Waals surface area contributed by atoms with E-state index in [4.69, 9.17) is 10.8 Å². The highest BCUT2D eigenvalue weighted by Gasteiger charge is 2.14. The van der Waals surface area contributed by atoms with E-state index in [-0.39, 0.29) is 5.82 Å². The molecular formula is C6H7F2N3O2. The molecule has 0 atom stereocenters. The van der Waals surface area contributed by atoms with Crippen LogP contribution in [0.3, 0.4) is 0 Å². The molecule has 0 saturated heterocycles. The van der Waals surface area contributed by atoms with Gasteiger partial charge in [0.15, 0.2) is 0 Å². The van der Waals surface area contributed by atoms with Crippen molar-refractivity contribution in [3.63, 3.8) is 0 Å². The maximum Gasteiger partial charge on any atom is 0.325 e. The summed E-state index contributed by atoms with van der Waals surface area (Å²) in [6, 6.07) is 0.952. The Hall–Kier alpha value is -1.66. The minimum Gasteiger partial charge on any atom is -0.480 e. The second-order valence-corrected chi connectivity index (χ2v) is 2.35. The van der Waals surface area contributed by atoms with Gasteiger partial charge in [0.1, 0.15) is 18.1 Å². The largest absolute Gasteiger partial charge is 0.480 e. The van der Waals surface area contributed by atoms with Crippen molar-refractivity contribution >= 4 is 11.8 Å². The van der Waals surface area contributed by atoms with Crippen molar-refractivity contribution in [2.75, 3.05) is 5.73 Å². The van der Waals surface area contributed by atoms with Crippen molar-refractivity contribution in [2.24, 2.45) is 0 Å². The van der Waals surface area contributed by atoms with Crippen LogP contribution in [0.15, 0.2) is 6.07 Å². The summed E-state index contributed by atoms with van der Waals surface area (Å²) in [7, 11) is 0. The predicted octanol–water partition coefficient (Wildman–Crippen LogP) is 0.488. The Bertz CT molecular complexity index is 324. The molecule has 0 aliphatic rings. The van der Waals surface area contributed by atoms with E-state index < -0.39 is 24.6 Å². The molecule has 5 nitrogen and oxygen atoms in total. The standard InChI is InChI=1S/C6H7F2N3O2/c7-6(8)3-1-4(9)11(10-3)2-5(12)13/h1,6H,2,9H2,(H,12,13). The molecule has 0 bridgehead atoms. The Labute approximate surface area is 71.8 Å². The second-order valence-electron chi connectivity index (χ2n) is 2.35. The third-order valence-electron chi connectivity index (χ3n) is 1.34. The van der Waals surface area contributed by atoms with Gasteiger partial charge in [0.2, 0.25) is 0 Å². The molecular weight excluding hydrogens is 184 g/mol.